The fourth-order valence-corrected chi connectivity index (χ4v) is 1.98. The van der Waals surface area contributed by atoms with E-state index in [2.05, 4.69) is 4.74 Å². The lowest BCUT2D eigenvalue weighted by atomic mass is 10.1. The van der Waals surface area contributed by atoms with Gasteiger partial charge in [0.2, 0.25) is 0 Å². The molecule has 1 aliphatic rings. The van der Waals surface area contributed by atoms with Crippen molar-refractivity contribution >= 4 is 40.6 Å². The number of carbonyl (C=O) groups excluding carboxylic acids is 3. The van der Waals surface area contributed by atoms with E-state index in [-0.39, 0.29) is 17.0 Å². The van der Waals surface area contributed by atoms with Gasteiger partial charge in [0.1, 0.15) is 0 Å². The monoisotopic (exact) mass is 331 g/mol. The molecule has 0 saturated carbocycles. The van der Waals surface area contributed by atoms with Crippen molar-refractivity contribution in [1.82, 2.24) is 3.11 Å². The minimum absolute atomic E-state index is 0.238. The zero-order chi connectivity index (χ0) is 11.9. The number of amides is 2. The quantitative estimate of drug-likeness (QED) is 0.338. The fourth-order valence-electron chi connectivity index (χ4n) is 1.46. The highest BCUT2D eigenvalue weighted by molar-refractivity contribution is 14.1. The van der Waals surface area contributed by atoms with Gasteiger partial charge in [-0.05, 0) is 18.2 Å². The molecular weight excluding hydrogens is 325 g/mol. The molecule has 0 unspecified atom stereocenters. The van der Waals surface area contributed by atoms with Crippen LogP contribution >= 0.6 is 22.9 Å². The molecule has 82 valence electrons. The lowest BCUT2D eigenvalue weighted by Gasteiger charge is -2.00. The van der Waals surface area contributed by atoms with Crippen LogP contribution < -0.4 is 0 Å². The van der Waals surface area contributed by atoms with Crippen LogP contribution in [0.3, 0.4) is 0 Å². The smallest absolute Gasteiger partial charge is 0.337 e. The number of esters is 1. The van der Waals surface area contributed by atoms with E-state index in [1.165, 1.54) is 25.3 Å². The van der Waals surface area contributed by atoms with Crippen LogP contribution in [0.25, 0.3) is 0 Å². The van der Waals surface area contributed by atoms with Crippen molar-refractivity contribution < 1.29 is 19.1 Å². The number of ether oxygens (including phenoxy) is 1. The first-order valence-corrected chi connectivity index (χ1v) is 5.29. The minimum Gasteiger partial charge on any atom is -0.465 e. The van der Waals surface area contributed by atoms with E-state index < -0.39 is 11.9 Å². The van der Waals surface area contributed by atoms with Gasteiger partial charge in [-0.2, -0.15) is 0 Å². The number of carbonyl (C=O) groups is 3. The van der Waals surface area contributed by atoms with Crippen molar-refractivity contribution in [3.8, 4) is 0 Å². The van der Waals surface area contributed by atoms with Crippen LogP contribution in [-0.2, 0) is 4.74 Å². The molecule has 0 fully saturated rings. The van der Waals surface area contributed by atoms with Crippen LogP contribution in [-0.4, -0.2) is 28.0 Å². The summed E-state index contributed by atoms with van der Waals surface area (Å²) in [5.74, 6) is -1.31. The maximum Gasteiger partial charge on any atom is 0.337 e. The highest BCUT2D eigenvalue weighted by Crippen LogP contribution is 2.26. The zero-order valence-corrected chi connectivity index (χ0v) is 10.3. The highest BCUT2D eigenvalue weighted by Gasteiger charge is 2.34. The van der Waals surface area contributed by atoms with E-state index in [0.29, 0.717) is 5.56 Å². The summed E-state index contributed by atoms with van der Waals surface area (Å²) in [6.45, 7) is 0. The molecule has 0 radical (unpaired) electrons. The van der Waals surface area contributed by atoms with Gasteiger partial charge in [-0.15, -0.1) is 0 Å². The number of hydrogen-bond donors (Lipinski definition) is 0. The first kappa shape index (κ1) is 11.1. The molecule has 1 aliphatic heterocycles. The van der Waals surface area contributed by atoms with Gasteiger partial charge in [-0.3, -0.25) is 9.59 Å². The Hall–Kier alpha value is -1.44. The summed E-state index contributed by atoms with van der Waals surface area (Å²) in [6, 6.07) is 4.30. The summed E-state index contributed by atoms with van der Waals surface area (Å²) < 4.78 is 5.52. The van der Waals surface area contributed by atoms with E-state index >= 15 is 0 Å². The molecule has 1 aromatic carbocycles. The first-order valence-electron chi connectivity index (χ1n) is 4.33. The number of halogens is 1. The van der Waals surface area contributed by atoms with Gasteiger partial charge < -0.3 is 4.74 Å². The molecule has 0 aromatic heterocycles. The normalized spacial score (nSPS) is 14.0. The molecular formula is C10H6INO4. The van der Waals surface area contributed by atoms with E-state index in [4.69, 9.17) is 0 Å². The number of rotatable bonds is 1. The van der Waals surface area contributed by atoms with Gasteiger partial charge in [-0.1, -0.05) is 0 Å². The van der Waals surface area contributed by atoms with Crippen LogP contribution in [0.1, 0.15) is 31.1 Å². The largest absolute Gasteiger partial charge is 0.465 e. The second-order valence-corrected chi connectivity index (χ2v) is 4.11. The maximum absolute atomic E-state index is 11.6. The number of benzene rings is 1. The minimum atomic E-state index is -0.532. The van der Waals surface area contributed by atoms with Crippen LogP contribution in [0, 0.1) is 0 Å². The topological polar surface area (TPSA) is 63.7 Å². The van der Waals surface area contributed by atoms with E-state index in [9.17, 15) is 14.4 Å². The number of fused-ring (bicyclic) bond motifs is 1. The lowest BCUT2D eigenvalue weighted by Crippen LogP contribution is -2.17. The molecule has 2 amide bonds. The Balaban J connectivity index is 2.53. The predicted molar refractivity (Wildman–Crippen MR) is 62.3 cm³/mol. The Labute approximate surface area is 105 Å². The standard InChI is InChI=1S/C10H6INO4/c1-16-10(15)5-2-3-6-7(4-5)9(14)12(11)8(6)13/h2-4H,1H3. The average Bonchev–Trinajstić information content (AvgIpc) is 2.53. The summed E-state index contributed by atoms with van der Waals surface area (Å²) in [7, 11) is 1.26. The molecule has 0 atom stereocenters. The predicted octanol–water partition coefficient (Wildman–Crippen LogP) is 1.42. The highest BCUT2D eigenvalue weighted by atomic mass is 127. The van der Waals surface area contributed by atoms with Crippen molar-refractivity contribution in [2.75, 3.05) is 7.11 Å². The van der Waals surface area contributed by atoms with Crippen LogP contribution in [0.4, 0.5) is 0 Å². The number of methoxy groups -OCH3 is 1. The Morgan fingerprint density at radius 1 is 1.25 bits per heavy atom. The van der Waals surface area contributed by atoms with Crippen LogP contribution in [0.5, 0.6) is 0 Å². The van der Waals surface area contributed by atoms with E-state index in [0.717, 1.165) is 3.11 Å². The molecule has 1 heterocycles. The summed E-state index contributed by atoms with van der Waals surface area (Å²) in [5, 5.41) is 0. The fraction of sp³-hybridized carbons (Fsp3) is 0.100. The Morgan fingerprint density at radius 2 is 1.88 bits per heavy atom. The summed E-state index contributed by atoms with van der Waals surface area (Å²) in [4.78, 5) is 34.4. The number of hydrogen-bond acceptors (Lipinski definition) is 4. The third-order valence-corrected chi connectivity index (χ3v) is 3.13. The second-order valence-electron chi connectivity index (χ2n) is 3.14. The van der Waals surface area contributed by atoms with Gasteiger partial charge in [0.05, 0.1) is 46.7 Å². The zero-order valence-electron chi connectivity index (χ0n) is 8.19. The van der Waals surface area contributed by atoms with E-state index in [1.807, 2.05) is 0 Å². The molecule has 6 heteroatoms. The molecule has 0 spiro atoms. The summed E-state index contributed by atoms with van der Waals surface area (Å²) >= 11 is 1.64. The van der Waals surface area contributed by atoms with Crippen molar-refractivity contribution in [3.05, 3.63) is 34.9 Å². The van der Waals surface area contributed by atoms with Gasteiger partial charge >= 0.3 is 5.97 Å². The molecule has 2 rings (SSSR count). The SMILES string of the molecule is COC(=O)c1ccc2c(c1)C(=O)N(I)C2=O. The van der Waals surface area contributed by atoms with E-state index in [1.54, 1.807) is 22.9 Å². The molecule has 5 nitrogen and oxygen atoms in total. The maximum atomic E-state index is 11.6. The Kier molecular flexibility index (Phi) is 2.66. The van der Waals surface area contributed by atoms with Gasteiger partial charge in [-0.25, -0.2) is 7.91 Å². The Morgan fingerprint density at radius 3 is 2.50 bits per heavy atom. The molecule has 0 bridgehead atoms. The second kappa shape index (κ2) is 3.85. The first-order chi connectivity index (χ1) is 7.56. The van der Waals surface area contributed by atoms with Gasteiger partial charge in [0.15, 0.2) is 0 Å². The molecule has 0 saturated heterocycles. The van der Waals surface area contributed by atoms with Crippen LogP contribution in [0.15, 0.2) is 18.2 Å². The van der Waals surface area contributed by atoms with Gasteiger partial charge in [0.25, 0.3) is 11.8 Å². The van der Waals surface area contributed by atoms with Crippen molar-refractivity contribution in [2.45, 2.75) is 0 Å². The Bertz CT molecular complexity index is 512. The third-order valence-electron chi connectivity index (χ3n) is 2.26. The summed E-state index contributed by atoms with van der Waals surface area (Å²) in [6.07, 6.45) is 0. The molecule has 1 aromatic rings. The van der Waals surface area contributed by atoms with Crippen molar-refractivity contribution in [2.24, 2.45) is 0 Å². The number of nitrogens with zero attached hydrogens (tertiary/aromatic N) is 1. The molecule has 0 N–H and O–H groups in total. The number of imide groups is 1. The lowest BCUT2D eigenvalue weighted by molar-refractivity contribution is 0.0600. The van der Waals surface area contributed by atoms with Crippen LogP contribution in [0.2, 0.25) is 0 Å². The average molecular weight is 331 g/mol. The molecule has 16 heavy (non-hydrogen) atoms. The summed E-state index contributed by atoms with van der Waals surface area (Å²) in [5.41, 5.74) is 0.809. The third kappa shape index (κ3) is 1.49. The molecule has 0 aliphatic carbocycles. The van der Waals surface area contributed by atoms with Crippen molar-refractivity contribution in [1.29, 1.82) is 0 Å². The van der Waals surface area contributed by atoms with Gasteiger partial charge in [0, 0.05) is 0 Å². The van der Waals surface area contributed by atoms with Crippen molar-refractivity contribution in [3.63, 3.8) is 0 Å².